The van der Waals surface area contributed by atoms with Crippen molar-refractivity contribution in [2.45, 2.75) is 19.9 Å². The van der Waals surface area contributed by atoms with Crippen LogP contribution in [0.2, 0.25) is 0 Å². The zero-order valence-electron chi connectivity index (χ0n) is 11.0. The Balaban J connectivity index is 2.03. The van der Waals surface area contributed by atoms with Gasteiger partial charge in [0.2, 0.25) is 0 Å². The van der Waals surface area contributed by atoms with Crippen molar-refractivity contribution < 1.29 is 13.6 Å². The van der Waals surface area contributed by atoms with Crippen LogP contribution in [-0.2, 0) is 13.0 Å². The summed E-state index contributed by atoms with van der Waals surface area (Å²) >= 11 is 0. The molecule has 3 N–H and O–H groups in total. The summed E-state index contributed by atoms with van der Waals surface area (Å²) < 4.78 is 18.7. The third-order valence-electron chi connectivity index (χ3n) is 2.67. The fourth-order valence-electron chi connectivity index (χ4n) is 1.69. The molecular formula is C13H15FN4O2. The van der Waals surface area contributed by atoms with Crippen LogP contribution in [0.5, 0.6) is 0 Å². The number of amides is 1. The number of halogens is 1. The van der Waals surface area contributed by atoms with Crippen molar-refractivity contribution in [2.75, 3.05) is 6.54 Å². The Morgan fingerprint density at radius 2 is 2.35 bits per heavy atom. The molecule has 0 aliphatic carbocycles. The fraction of sp³-hybridized carbons (Fsp3) is 0.308. The highest BCUT2D eigenvalue weighted by Gasteiger charge is 2.17. The van der Waals surface area contributed by atoms with Crippen LogP contribution in [0, 0.1) is 12.7 Å². The highest BCUT2D eigenvalue weighted by molar-refractivity contribution is 5.93. The first-order valence-electron chi connectivity index (χ1n) is 6.15. The van der Waals surface area contributed by atoms with E-state index in [1.165, 1.54) is 18.3 Å². The summed E-state index contributed by atoms with van der Waals surface area (Å²) in [6.07, 6.45) is 1.92. The molecule has 20 heavy (non-hydrogen) atoms. The lowest BCUT2D eigenvalue weighted by Gasteiger charge is -2.03. The van der Waals surface area contributed by atoms with Gasteiger partial charge in [-0.05, 0) is 19.1 Å². The molecule has 0 aliphatic heterocycles. The SMILES string of the molecule is Cc1oc(CCN)nc1C(=O)NCc1ncccc1F. The van der Waals surface area contributed by atoms with Crippen LogP contribution >= 0.6 is 0 Å². The molecule has 0 bridgehead atoms. The lowest BCUT2D eigenvalue weighted by atomic mass is 10.3. The minimum atomic E-state index is -0.464. The van der Waals surface area contributed by atoms with E-state index >= 15 is 0 Å². The molecule has 0 atom stereocenters. The van der Waals surface area contributed by atoms with Crippen molar-refractivity contribution >= 4 is 5.91 Å². The predicted octanol–water partition coefficient (Wildman–Crippen LogP) is 0.948. The number of nitrogens with two attached hydrogens (primary N) is 1. The standard InChI is InChI=1S/C13H15FN4O2/c1-8-12(18-11(20-8)4-5-15)13(19)17-7-10-9(14)3-2-6-16-10/h2-3,6H,4-5,7,15H2,1H3,(H,17,19). The molecule has 0 saturated carbocycles. The van der Waals surface area contributed by atoms with Gasteiger partial charge in [-0.3, -0.25) is 9.78 Å². The zero-order chi connectivity index (χ0) is 14.5. The van der Waals surface area contributed by atoms with E-state index in [2.05, 4.69) is 15.3 Å². The molecule has 0 saturated heterocycles. The van der Waals surface area contributed by atoms with Crippen LogP contribution in [0.1, 0.15) is 27.8 Å². The second kappa shape index (κ2) is 6.25. The van der Waals surface area contributed by atoms with Gasteiger partial charge in [0.1, 0.15) is 11.6 Å². The summed E-state index contributed by atoms with van der Waals surface area (Å²) in [6, 6.07) is 2.77. The second-order valence-corrected chi connectivity index (χ2v) is 4.17. The molecule has 0 aliphatic rings. The lowest BCUT2D eigenvalue weighted by Crippen LogP contribution is -2.25. The molecule has 2 aromatic rings. The van der Waals surface area contributed by atoms with Crippen molar-refractivity contribution in [1.29, 1.82) is 0 Å². The Labute approximate surface area is 115 Å². The van der Waals surface area contributed by atoms with Crippen LogP contribution in [0.15, 0.2) is 22.7 Å². The third kappa shape index (κ3) is 3.18. The van der Waals surface area contributed by atoms with Crippen molar-refractivity contribution in [3.05, 3.63) is 47.2 Å². The molecule has 2 rings (SSSR count). The maximum absolute atomic E-state index is 13.4. The number of carbonyl (C=O) groups excluding carboxylic acids is 1. The van der Waals surface area contributed by atoms with E-state index in [0.29, 0.717) is 24.6 Å². The van der Waals surface area contributed by atoms with Crippen LogP contribution in [0.4, 0.5) is 4.39 Å². The number of nitrogens with zero attached hydrogens (tertiary/aromatic N) is 2. The predicted molar refractivity (Wildman–Crippen MR) is 69.4 cm³/mol. The molecule has 0 unspecified atom stereocenters. The first-order chi connectivity index (χ1) is 9.61. The van der Waals surface area contributed by atoms with Crippen LogP contribution in [-0.4, -0.2) is 22.4 Å². The molecule has 7 heteroatoms. The lowest BCUT2D eigenvalue weighted by molar-refractivity contribution is 0.0944. The van der Waals surface area contributed by atoms with E-state index in [4.69, 9.17) is 10.2 Å². The molecule has 0 spiro atoms. The molecule has 106 valence electrons. The Morgan fingerprint density at radius 3 is 3.05 bits per heavy atom. The number of rotatable bonds is 5. The number of nitrogens with one attached hydrogen (secondary N) is 1. The van der Waals surface area contributed by atoms with Gasteiger partial charge < -0.3 is 15.5 Å². The third-order valence-corrected chi connectivity index (χ3v) is 2.67. The van der Waals surface area contributed by atoms with Crippen molar-refractivity contribution in [1.82, 2.24) is 15.3 Å². The molecule has 2 heterocycles. The van der Waals surface area contributed by atoms with Gasteiger partial charge in [0.25, 0.3) is 5.91 Å². The van der Waals surface area contributed by atoms with Gasteiger partial charge in [0, 0.05) is 19.2 Å². The highest BCUT2D eigenvalue weighted by Crippen LogP contribution is 2.10. The number of aryl methyl sites for hydroxylation is 1. The van der Waals surface area contributed by atoms with Gasteiger partial charge in [-0.1, -0.05) is 0 Å². The van der Waals surface area contributed by atoms with E-state index in [9.17, 15) is 9.18 Å². The van der Waals surface area contributed by atoms with Gasteiger partial charge in [-0.25, -0.2) is 9.37 Å². The summed E-state index contributed by atoms with van der Waals surface area (Å²) in [6.45, 7) is 2.02. The van der Waals surface area contributed by atoms with Crippen LogP contribution in [0.25, 0.3) is 0 Å². The smallest absolute Gasteiger partial charge is 0.273 e. The first kappa shape index (κ1) is 14.1. The number of hydrogen-bond donors (Lipinski definition) is 2. The van der Waals surface area contributed by atoms with E-state index in [1.807, 2.05) is 0 Å². The van der Waals surface area contributed by atoms with E-state index in [0.717, 1.165) is 0 Å². The Hall–Kier alpha value is -2.28. The van der Waals surface area contributed by atoms with E-state index in [-0.39, 0.29) is 17.9 Å². The minimum Gasteiger partial charge on any atom is -0.445 e. The largest absolute Gasteiger partial charge is 0.445 e. The average Bonchev–Trinajstić information content (AvgIpc) is 2.79. The molecule has 0 fully saturated rings. The molecule has 0 radical (unpaired) electrons. The van der Waals surface area contributed by atoms with Crippen LogP contribution in [0.3, 0.4) is 0 Å². The molecule has 1 amide bonds. The van der Waals surface area contributed by atoms with Crippen LogP contribution < -0.4 is 11.1 Å². The fourth-order valence-corrected chi connectivity index (χ4v) is 1.69. The normalized spacial score (nSPS) is 10.6. The van der Waals surface area contributed by atoms with Crippen molar-refractivity contribution in [3.8, 4) is 0 Å². The summed E-state index contributed by atoms with van der Waals surface area (Å²) in [5.41, 5.74) is 5.75. The van der Waals surface area contributed by atoms with Crippen molar-refractivity contribution in [3.63, 3.8) is 0 Å². The minimum absolute atomic E-state index is 0.00989. The van der Waals surface area contributed by atoms with Crippen molar-refractivity contribution in [2.24, 2.45) is 5.73 Å². The van der Waals surface area contributed by atoms with Gasteiger partial charge >= 0.3 is 0 Å². The maximum Gasteiger partial charge on any atom is 0.273 e. The molecule has 6 nitrogen and oxygen atoms in total. The Kier molecular flexibility index (Phi) is 4.41. The van der Waals surface area contributed by atoms with E-state index < -0.39 is 11.7 Å². The van der Waals surface area contributed by atoms with Gasteiger partial charge in [-0.15, -0.1) is 0 Å². The number of hydrogen-bond acceptors (Lipinski definition) is 5. The average molecular weight is 278 g/mol. The van der Waals surface area contributed by atoms with E-state index in [1.54, 1.807) is 6.92 Å². The second-order valence-electron chi connectivity index (χ2n) is 4.17. The number of oxazole rings is 1. The molecule has 0 aromatic carbocycles. The topological polar surface area (TPSA) is 94.0 Å². The highest BCUT2D eigenvalue weighted by atomic mass is 19.1. The summed E-state index contributed by atoms with van der Waals surface area (Å²) in [5, 5.41) is 2.56. The molecular weight excluding hydrogens is 263 g/mol. The van der Waals surface area contributed by atoms with Gasteiger partial charge in [0.15, 0.2) is 11.6 Å². The summed E-state index contributed by atoms with van der Waals surface area (Å²) in [4.78, 5) is 19.9. The Bertz CT molecular complexity index is 612. The summed E-state index contributed by atoms with van der Waals surface area (Å²) in [7, 11) is 0. The summed E-state index contributed by atoms with van der Waals surface area (Å²) in [5.74, 6) is -0.0697. The maximum atomic E-state index is 13.4. The van der Waals surface area contributed by atoms with Gasteiger partial charge in [0.05, 0.1) is 12.2 Å². The number of aromatic nitrogens is 2. The monoisotopic (exact) mass is 278 g/mol. The quantitative estimate of drug-likeness (QED) is 0.849. The zero-order valence-corrected chi connectivity index (χ0v) is 11.0. The number of pyridine rings is 1. The molecule has 2 aromatic heterocycles. The number of carbonyl (C=O) groups is 1. The van der Waals surface area contributed by atoms with Gasteiger partial charge in [-0.2, -0.15) is 0 Å². The first-order valence-corrected chi connectivity index (χ1v) is 6.15. The Morgan fingerprint density at radius 1 is 1.55 bits per heavy atom.